The molecule has 1 aromatic carbocycles. The quantitative estimate of drug-likeness (QED) is 0.693. The molecule has 1 unspecified atom stereocenters. The number of nitriles is 1. The third-order valence-corrected chi connectivity index (χ3v) is 4.08. The molecule has 2 N–H and O–H groups in total. The van der Waals surface area contributed by atoms with Crippen molar-refractivity contribution >= 4 is 0 Å². The van der Waals surface area contributed by atoms with Gasteiger partial charge in [-0.1, -0.05) is 20.3 Å². The summed E-state index contributed by atoms with van der Waals surface area (Å²) in [4.78, 5) is 1.44. The van der Waals surface area contributed by atoms with E-state index in [0.717, 1.165) is 13.0 Å². The van der Waals surface area contributed by atoms with E-state index in [1.165, 1.54) is 17.7 Å². The molecule has 0 saturated heterocycles. The first-order valence-corrected chi connectivity index (χ1v) is 8.26. The second kappa shape index (κ2) is 10.2. The van der Waals surface area contributed by atoms with E-state index in [1.54, 1.807) is 24.3 Å². The predicted octanol–water partition coefficient (Wildman–Crippen LogP) is 1.78. The van der Waals surface area contributed by atoms with Crippen molar-refractivity contribution < 1.29 is 14.7 Å². The average molecular weight is 305 g/mol. The second-order valence-corrected chi connectivity index (χ2v) is 5.88. The van der Waals surface area contributed by atoms with E-state index in [1.807, 2.05) is 0 Å². The van der Waals surface area contributed by atoms with Gasteiger partial charge in [-0.05, 0) is 44.0 Å². The summed E-state index contributed by atoms with van der Waals surface area (Å²) in [5.74, 6) is 0.691. The van der Waals surface area contributed by atoms with E-state index in [0.29, 0.717) is 23.9 Å². The molecule has 0 radical (unpaired) electrons. The molecule has 22 heavy (non-hydrogen) atoms. The molecular weight excluding hydrogens is 276 g/mol. The van der Waals surface area contributed by atoms with Crippen LogP contribution in [0.15, 0.2) is 24.3 Å². The Bertz CT molecular complexity index is 453. The normalized spacial score (nSPS) is 14.9. The molecule has 4 nitrogen and oxygen atoms in total. The number of rotatable bonds is 10. The van der Waals surface area contributed by atoms with Crippen LogP contribution in [0.5, 0.6) is 5.75 Å². The minimum absolute atomic E-state index is 0.290. The zero-order valence-corrected chi connectivity index (χ0v) is 14.0. The highest BCUT2D eigenvalue weighted by atomic mass is 16.5. The fourth-order valence-electron chi connectivity index (χ4n) is 2.42. The van der Waals surface area contributed by atoms with Crippen LogP contribution in [-0.2, 0) is 0 Å². The van der Waals surface area contributed by atoms with Crippen LogP contribution in [0.4, 0.5) is 0 Å². The monoisotopic (exact) mass is 305 g/mol. The van der Waals surface area contributed by atoms with Gasteiger partial charge in [-0.3, -0.25) is 0 Å². The van der Waals surface area contributed by atoms with Crippen LogP contribution in [-0.4, -0.2) is 36.9 Å². The number of hydrogen-bond acceptors (Lipinski definition) is 3. The zero-order valence-electron chi connectivity index (χ0n) is 14.0. The third kappa shape index (κ3) is 6.46. The van der Waals surface area contributed by atoms with E-state index in [4.69, 9.17) is 10.00 Å². The SMILES string of the molecule is CCCC[NH+](C[C@H](O)COc1ccc(C#N)cc1)[C@@H](C)CC. The molecule has 0 heterocycles. The number of aliphatic hydroxyl groups excluding tert-OH is 1. The standard InChI is InChI=1S/C18H28N2O2/c1-4-6-11-20(15(3)5-2)13-17(21)14-22-18-9-7-16(12-19)8-10-18/h7-10,15,17,21H,4-6,11,13-14H2,1-3H3/p+1/t15-,17-/m0/s1. The summed E-state index contributed by atoms with van der Waals surface area (Å²) in [5.41, 5.74) is 0.611. The van der Waals surface area contributed by atoms with Gasteiger partial charge in [0.25, 0.3) is 0 Å². The molecule has 4 heteroatoms. The first-order valence-electron chi connectivity index (χ1n) is 8.26. The van der Waals surface area contributed by atoms with E-state index in [2.05, 4.69) is 26.8 Å². The lowest BCUT2D eigenvalue weighted by molar-refractivity contribution is -0.926. The summed E-state index contributed by atoms with van der Waals surface area (Å²) < 4.78 is 5.61. The maximum atomic E-state index is 10.2. The molecule has 3 atom stereocenters. The molecule has 0 fully saturated rings. The predicted molar refractivity (Wildman–Crippen MR) is 88.0 cm³/mol. The molecule has 0 amide bonds. The Hall–Kier alpha value is -1.57. The fraction of sp³-hybridized carbons (Fsp3) is 0.611. The van der Waals surface area contributed by atoms with Crippen molar-refractivity contribution in [3.63, 3.8) is 0 Å². The van der Waals surface area contributed by atoms with Crippen molar-refractivity contribution in [3.05, 3.63) is 29.8 Å². The number of quaternary nitrogens is 1. The molecule has 1 rings (SSSR count). The van der Waals surface area contributed by atoms with Gasteiger partial charge in [0.05, 0.1) is 24.2 Å². The zero-order chi connectivity index (χ0) is 16.4. The van der Waals surface area contributed by atoms with Crippen LogP contribution in [0.3, 0.4) is 0 Å². The molecule has 0 aliphatic heterocycles. The van der Waals surface area contributed by atoms with Gasteiger partial charge in [-0.2, -0.15) is 5.26 Å². The smallest absolute Gasteiger partial charge is 0.137 e. The molecule has 0 saturated carbocycles. The highest BCUT2D eigenvalue weighted by Crippen LogP contribution is 2.11. The minimum Gasteiger partial charge on any atom is -0.491 e. The number of hydrogen-bond donors (Lipinski definition) is 2. The van der Waals surface area contributed by atoms with Gasteiger partial charge >= 0.3 is 0 Å². The number of benzene rings is 1. The van der Waals surface area contributed by atoms with Gasteiger partial charge in [0.15, 0.2) is 0 Å². The number of unbranched alkanes of at least 4 members (excludes halogenated alkanes) is 1. The molecule has 0 aliphatic rings. The van der Waals surface area contributed by atoms with Gasteiger partial charge < -0.3 is 14.7 Å². The van der Waals surface area contributed by atoms with Crippen LogP contribution in [0.2, 0.25) is 0 Å². The third-order valence-electron chi connectivity index (χ3n) is 4.08. The Kier molecular flexibility index (Phi) is 8.57. The van der Waals surface area contributed by atoms with Gasteiger partial charge in [0.2, 0.25) is 0 Å². The van der Waals surface area contributed by atoms with Crippen molar-refractivity contribution in [1.29, 1.82) is 5.26 Å². The average Bonchev–Trinajstić information content (AvgIpc) is 2.56. The molecule has 0 aliphatic carbocycles. The fourth-order valence-corrected chi connectivity index (χ4v) is 2.42. The van der Waals surface area contributed by atoms with Gasteiger partial charge in [-0.15, -0.1) is 0 Å². The maximum absolute atomic E-state index is 10.2. The van der Waals surface area contributed by atoms with Crippen molar-refractivity contribution in [3.8, 4) is 11.8 Å². The number of aliphatic hydroxyl groups is 1. The van der Waals surface area contributed by atoms with E-state index in [9.17, 15) is 5.11 Å². The molecule has 0 spiro atoms. The van der Waals surface area contributed by atoms with E-state index in [-0.39, 0.29) is 6.61 Å². The van der Waals surface area contributed by atoms with E-state index >= 15 is 0 Å². The summed E-state index contributed by atoms with van der Waals surface area (Å²) in [6.07, 6.45) is 3.00. The minimum atomic E-state index is -0.475. The molecular formula is C18H29N2O2+. The van der Waals surface area contributed by atoms with Crippen LogP contribution in [0, 0.1) is 11.3 Å². The first kappa shape index (κ1) is 18.5. The van der Waals surface area contributed by atoms with Crippen molar-refractivity contribution in [1.82, 2.24) is 0 Å². The van der Waals surface area contributed by atoms with Crippen molar-refractivity contribution in [2.24, 2.45) is 0 Å². The summed E-state index contributed by atoms with van der Waals surface area (Å²) in [6.45, 7) is 8.72. The topological polar surface area (TPSA) is 57.7 Å². The van der Waals surface area contributed by atoms with Crippen LogP contribution in [0.1, 0.15) is 45.6 Å². The lowest BCUT2D eigenvalue weighted by Crippen LogP contribution is -3.16. The van der Waals surface area contributed by atoms with Gasteiger partial charge in [0, 0.05) is 0 Å². The van der Waals surface area contributed by atoms with Gasteiger partial charge in [0.1, 0.15) is 25.0 Å². The Morgan fingerprint density at radius 1 is 1.27 bits per heavy atom. The van der Waals surface area contributed by atoms with Gasteiger partial charge in [-0.25, -0.2) is 0 Å². The Morgan fingerprint density at radius 3 is 2.50 bits per heavy atom. The number of ether oxygens (including phenoxy) is 1. The molecule has 122 valence electrons. The summed E-state index contributed by atoms with van der Waals surface area (Å²) in [7, 11) is 0. The highest BCUT2D eigenvalue weighted by molar-refractivity contribution is 5.34. The molecule has 0 aromatic heterocycles. The van der Waals surface area contributed by atoms with Crippen LogP contribution < -0.4 is 9.64 Å². The van der Waals surface area contributed by atoms with Crippen LogP contribution in [0.25, 0.3) is 0 Å². The summed E-state index contributed by atoms with van der Waals surface area (Å²) >= 11 is 0. The number of nitrogens with one attached hydrogen (secondary N) is 1. The lowest BCUT2D eigenvalue weighted by atomic mass is 10.1. The Labute approximate surface area is 134 Å². The highest BCUT2D eigenvalue weighted by Gasteiger charge is 2.20. The van der Waals surface area contributed by atoms with Crippen molar-refractivity contribution in [2.75, 3.05) is 19.7 Å². The Balaban J connectivity index is 2.44. The lowest BCUT2D eigenvalue weighted by Gasteiger charge is -2.27. The van der Waals surface area contributed by atoms with E-state index < -0.39 is 6.10 Å². The maximum Gasteiger partial charge on any atom is 0.137 e. The summed E-state index contributed by atoms with van der Waals surface area (Å²) in [5, 5.41) is 19.0. The largest absolute Gasteiger partial charge is 0.491 e. The first-order chi connectivity index (χ1) is 10.6. The second-order valence-electron chi connectivity index (χ2n) is 5.88. The molecule has 1 aromatic rings. The Morgan fingerprint density at radius 2 is 1.95 bits per heavy atom. The molecule has 0 bridgehead atoms. The van der Waals surface area contributed by atoms with Crippen LogP contribution >= 0.6 is 0 Å². The summed E-state index contributed by atoms with van der Waals surface area (Å²) in [6, 6.07) is 9.60. The number of nitrogens with zero attached hydrogens (tertiary/aromatic N) is 1. The van der Waals surface area contributed by atoms with Crippen molar-refractivity contribution in [2.45, 2.75) is 52.2 Å².